The SMILES string of the molecule is CCOP(=O)(OCC)C(F)CC(Cc1ccc(O)cc1)=NC(=O)OC(C)(C)C. The van der Waals surface area contributed by atoms with Gasteiger partial charge < -0.3 is 18.9 Å². The highest BCUT2D eigenvalue weighted by Crippen LogP contribution is 2.55. The number of ether oxygens (including phenoxy) is 1. The van der Waals surface area contributed by atoms with Crippen LogP contribution in [0.2, 0.25) is 0 Å². The van der Waals surface area contributed by atoms with Gasteiger partial charge in [0.25, 0.3) is 0 Å². The molecule has 0 aliphatic heterocycles. The summed E-state index contributed by atoms with van der Waals surface area (Å²) < 4.78 is 42.7. The average molecular weight is 417 g/mol. The Hall–Kier alpha value is -1.76. The van der Waals surface area contributed by atoms with E-state index < -0.39 is 31.6 Å². The fourth-order valence-electron chi connectivity index (χ4n) is 2.29. The summed E-state index contributed by atoms with van der Waals surface area (Å²) in [7, 11) is -4.00. The molecule has 0 spiro atoms. The number of halogens is 1. The first-order valence-corrected chi connectivity index (χ1v) is 10.7. The molecule has 0 heterocycles. The van der Waals surface area contributed by atoms with E-state index in [1.54, 1.807) is 46.8 Å². The van der Waals surface area contributed by atoms with E-state index in [0.29, 0.717) is 5.56 Å². The van der Waals surface area contributed by atoms with Crippen molar-refractivity contribution in [1.82, 2.24) is 0 Å². The van der Waals surface area contributed by atoms with Gasteiger partial charge in [-0.2, -0.15) is 4.99 Å². The normalized spacial score (nSPS) is 14.0. The standard InChI is InChI=1S/C19H29FNO6P/c1-6-25-28(24,26-7-2)17(20)13-15(21-18(23)27-19(3,4)5)12-14-8-10-16(22)11-9-14/h8-11,17,22H,6-7,12-13H2,1-5H3. The lowest BCUT2D eigenvalue weighted by molar-refractivity contribution is 0.0603. The third-order valence-corrected chi connectivity index (χ3v) is 5.46. The van der Waals surface area contributed by atoms with Gasteiger partial charge in [-0.3, -0.25) is 4.57 Å². The average Bonchev–Trinajstić information content (AvgIpc) is 2.55. The van der Waals surface area contributed by atoms with E-state index in [-0.39, 0.29) is 31.1 Å². The smallest absolute Gasteiger partial charge is 0.434 e. The first-order chi connectivity index (χ1) is 13.0. The Kier molecular flexibility index (Phi) is 9.27. The zero-order valence-electron chi connectivity index (χ0n) is 17.0. The number of hydrogen-bond donors (Lipinski definition) is 1. The van der Waals surface area contributed by atoms with E-state index in [0.717, 1.165) is 0 Å². The van der Waals surface area contributed by atoms with Crippen LogP contribution < -0.4 is 0 Å². The van der Waals surface area contributed by atoms with Gasteiger partial charge in [0, 0.05) is 18.6 Å². The van der Waals surface area contributed by atoms with Gasteiger partial charge in [-0.05, 0) is 52.3 Å². The van der Waals surface area contributed by atoms with Crippen LogP contribution in [0.25, 0.3) is 0 Å². The minimum absolute atomic E-state index is 0.0220. The molecule has 0 aliphatic rings. The van der Waals surface area contributed by atoms with Crippen LogP contribution in [0.4, 0.5) is 9.18 Å². The molecule has 7 nitrogen and oxygen atoms in total. The number of nitrogens with zero attached hydrogens (tertiary/aromatic N) is 1. The highest BCUT2D eigenvalue weighted by atomic mass is 31.2. The van der Waals surface area contributed by atoms with Gasteiger partial charge in [0.1, 0.15) is 11.4 Å². The minimum Gasteiger partial charge on any atom is -0.508 e. The molecule has 0 saturated carbocycles. The number of amides is 1. The predicted octanol–water partition coefficient (Wildman–Crippen LogP) is 5.26. The molecule has 0 radical (unpaired) electrons. The largest absolute Gasteiger partial charge is 0.508 e. The maximum atomic E-state index is 14.8. The lowest BCUT2D eigenvalue weighted by atomic mass is 10.1. The molecule has 1 aromatic rings. The van der Waals surface area contributed by atoms with Crippen molar-refractivity contribution in [2.45, 2.75) is 59.0 Å². The Morgan fingerprint density at radius 3 is 2.18 bits per heavy atom. The van der Waals surface area contributed by atoms with Crippen LogP contribution in [-0.4, -0.2) is 41.6 Å². The van der Waals surface area contributed by atoms with E-state index >= 15 is 0 Å². The Morgan fingerprint density at radius 1 is 1.18 bits per heavy atom. The summed E-state index contributed by atoms with van der Waals surface area (Å²) in [5, 5.41) is 9.40. The highest BCUT2D eigenvalue weighted by Gasteiger charge is 2.37. The molecule has 0 aliphatic carbocycles. The van der Waals surface area contributed by atoms with Crippen molar-refractivity contribution < 1.29 is 32.6 Å². The summed E-state index contributed by atoms with van der Waals surface area (Å²) >= 11 is 0. The van der Waals surface area contributed by atoms with Gasteiger partial charge in [0.2, 0.25) is 5.91 Å². The number of carbonyl (C=O) groups is 1. The molecule has 9 heteroatoms. The molecular weight excluding hydrogens is 388 g/mol. The third-order valence-electron chi connectivity index (χ3n) is 3.35. The molecule has 1 rings (SSSR count). The molecule has 1 amide bonds. The van der Waals surface area contributed by atoms with E-state index in [1.165, 1.54) is 12.1 Å². The quantitative estimate of drug-likeness (QED) is 0.435. The highest BCUT2D eigenvalue weighted by molar-refractivity contribution is 7.54. The molecule has 1 N–H and O–H groups in total. The third kappa shape index (κ3) is 8.50. The Labute approximate surface area is 165 Å². The van der Waals surface area contributed by atoms with Crippen LogP contribution >= 0.6 is 7.60 Å². The number of hydrogen-bond acceptors (Lipinski definition) is 6. The Bertz CT molecular complexity index is 704. The van der Waals surface area contributed by atoms with Crippen molar-refractivity contribution >= 4 is 19.4 Å². The minimum atomic E-state index is -4.00. The molecule has 1 atom stereocenters. The van der Waals surface area contributed by atoms with Crippen molar-refractivity contribution in [2.24, 2.45) is 4.99 Å². The number of phenols is 1. The second-order valence-electron chi connectivity index (χ2n) is 7.02. The first-order valence-electron chi connectivity index (χ1n) is 9.09. The van der Waals surface area contributed by atoms with E-state index in [2.05, 4.69) is 4.99 Å². The van der Waals surface area contributed by atoms with E-state index in [9.17, 15) is 18.9 Å². The number of carbonyl (C=O) groups excluding carboxylic acids is 1. The molecule has 1 unspecified atom stereocenters. The molecule has 0 aromatic heterocycles. The number of alkyl halides is 1. The van der Waals surface area contributed by atoms with Crippen LogP contribution in [0.1, 0.15) is 46.6 Å². The summed E-state index contributed by atoms with van der Waals surface area (Å²) in [6, 6.07) is 6.19. The van der Waals surface area contributed by atoms with Gasteiger partial charge in [0.05, 0.1) is 13.2 Å². The maximum Gasteiger partial charge on any atom is 0.434 e. The van der Waals surface area contributed by atoms with Crippen molar-refractivity contribution in [3.63, 3.8) is 0 Å². The van der Waals surface area contributed by atoms with Gasteiger partial charge in [-0.25, -0.2) is 9.18 Å². The molecule has 0 saturated heterocycles. The first kappa shape index (κ1) is 24.3. The molecule has 1 aromatic carbocycles. The van der Waals surface area contributed by atoms with Crippen LogP contribution in [0.5, 0.6) is 5.75 Å². The van der Waals surface area contributed by atoms with Crippen molar-refractivity contribution in [2.75, 3.05) is 13.2 Å². The van der Waals surface area contributed by atoms with Crippen LogP contribution in [0.3, 0.4) is 0 Å². The van der Waals surface area contributed by atoms with Crippen LogP contribution in [-0.2, 0) is 24.8 Å². The predicted molar refractivity (Wildman–Crippen MR) is 106 cm³/mol. The van der Waals surface area contributed by atoms with Crippen molar-refractivity contribution in [1.29, 1.82) is 0 Å². The second-order valence-corrected chi connectivity index (χ2v) is 9.17. The molecular formula is C19H29FNO6P. The Morgan fingerprint density at radius 2 is 1.71 bits per heavy atom. The number of phenolic OH excluding ortho intramolecular Hbond substituents is 1. The summed E-state index contributed by atoms with van der Waals surface area (Å²) in [6.07, 6.45) is -1.17. The number of aromatic hydroxyl groups is 1. The zero-order valence-corrected chi connectivity index (χ0v) is 17.9. The van der Waals surface area contributed by atoms with Gasteiger partial charge in [-0.1, -0.05) is 12.1 Å². The summed E-state index contributed by atoms with van der Waals surface area (Å²) in [4.78, 5) is 16.0. The topological polar surface area (TPSA) is 94.4 Å². The number of rotatable bonds is 9. The second kappa shape index (κ2) is 10.7. The maximum absolute atomic E-state index is 14.8. The monoisotopic (exact) mass is 417 g/mol. The van der Waals surface area contributed by atoms with Crippen molar-refractivity contribution in [3.8, 4) is 5.75 Å². The van der Waals surface area contributed by atoms with Gasteiger partial charge in [-0.15, -0.1) is 0 Å². The van der Waals surface area contributed by atoms with E-state index in [1.807, 2.05) is 0 Å². The molecule has 28 heavy (non-hydrogen) atoms. The number of aliphatic imine (C=N–C) groups is 1. The van der Waals surface area contributed by atoms with Crippen LogP contribution in [0.15, 0.2) is 29.3 Å². The fourth-order valence-corrected chi connectivity index (χ4v) is 3.84. The van der Waals surface area contributed by atoms with Gasteiger partial charge >= 0.3 is 13.7 Å². The molecule has 158 valence electrons. The summed E-state index contributed by atoms with van der Waals surface area (Å²) in [6.45, 7) is 8.29. The van der Waals surface area contributed by atoms with Crippen molar-refractivity contribution in [3.05, 3.63) is 29.8 Å². The van der Waals surface area contributed by atoms with E-state index in [4.69, 9.17) is 13.8 Å². The summed E-state index contributed by atoms with van der Waals surface area (Å²) in [5.41, 5.74) is 0.0627. The Balaban J connectivity index is 3.09. The van der Waals surface area contributed by atoms with Crippen LogP contribution in [0, 0.1) is 0 Å². The lowest BCUT2D eigenvalue weighted by Crippen LogP contribution is -2.23. The lowest BCUT2D eigenvalue weighted by Gasteiger charge is -2.21. The fraction of sp³-hybridized carbons (Fsp3) is 0.579. The summed E-state index contributed by atoms with van der Waals surface area (Å²) in [5.74, 6) is -1.90. The zero-order chi connectivity index (χ0) is 21.4. The number of benzene rings is 1. The molecule has 0 fully saturated rings. The molecule has 0 bridgehead atoms. The van der Waals surface area contributed by atoms with Gasteiger partial charge in [0.15, 0.2) is 0 Å².